The molecule has 1 aliphatic heterocycles. The molecule has 2 rings (SSSR count). The summed E-state index contributed by atoms with van der Waals surface area (Å²) in [5.41, 5.74) is 0.657. The number of nitrogens with zero attached hydrogens (tertiary/aromatic N) is 2. The predicted octanol–water partition coefficient (Wildman–Crippen LogP) is 1.50. The number of ether oxygens (including phenoxy) is 1. The number of benzene rings is 1. The summed E-state index contributed by atoms with van der Waals surface area (Å²) in [6, 6.07) is 5.96. The zero-order valence-electron chi connectivity index (χ0n) is 14.8. The lowest BCUT2D eigenvalue weighted by Crippen LogP contribution is -2.46. The molecule has 1 unspecified atom stereocenters. The van der Waals surface area contributed by atoms with E-state index in [1.165, 1.54) is 31.4 Å². The van der Waals surface area contributed by atoms with Gasteiger partial charge in [0, 0.05) is 13.1 Å². The molecule has 1 aromatic rings. The van der Waals surface area contributed by atoms with Gasteiger partial charge in [0.25, 0.3) is 0 Å². The minimum atomic E-state index is -3.63. The highest BCUT2D eigenvalue weighted by atomic mass is 32.2. The molecule has 1 heterocycles. The lowest BCUT2D eigenvalue weighted by atomic mass is 10.0. The van der Waals surface area contributed by atoms with Gasteiger partial charge < -0.3 is 9.64 Å². The highest BCUT2D eigenvalue weighted by Gasteiger charge is 2.26. The number of carbonyl (C=O) groups excluding carboxylic acids is 2. The molecule has 0 aliphatic carbocycles. The van der Waals surface area contributed by atoms with E-state index in [4.69, 9.17) is 0 Å². The largest absolute Gasteiger partial charge is 0.465 e. The zero-order valence-corrected chi connectivity index (χ0v) is 15.6. The van der Waals surface area contributed by atoms with Crippen LogP contribution in [0.2, 0.25) is 0 Å². The predicted molar refractivity (Wildman–Crippen MR) is 94.9 cm³/mol. The molecule has 1 fully saturated rings. The van der Waals surface area contributed by atoms with E-state index in [0.29, 0.717) is 30.3 Å². The van der Waals surface area contributed by atoms with Gasteiger partial charge in [0.2, 0.25) is 15.9 Å². The van der Waals surface area contributed by atoms with Crippen molar-refractivity contribution >= 4 is 27.6 Å². The molecule has 7 nitrogen and oxygen atoms in total. The van der Waals surface area contributed by atoms with E-state index in [1.807, 2.05) is 0 Å². The average Bonchev–Trinajstić information content (AvgIpc) is 2.58. The Labute approximate surface area is 148 Å². The Kier molecular flexibility index (Phi) is 6.05. The molecule has 1 aromatic carbocycles. The lowest BCUT2D eigenvalue weighted by Gasteiger charge is -2.33. The van der Waals surface area contributed by atoms with Crippen molar-refractivity contribution in [3.05, 3.63) is 29.8 Å². The number of piperidine rings is 1. The van der Waals surface area contributed by atoms with Crippen molar-refractivity contribution in [3.8, 4) is 0 Å². The number of sulfonamides is 1. The number of methoxy groups -OCH3 is 1. The molecule has 8 heteroatoms. The van der Waals surface area contributed by atoms with Gasteiger partial charge in [-0.15, -0.1) is 0 Å². The Morgan fingerprint density at radius 1 is 1.28 bits per heavy atom. The van der Waals surface area contributed by atoms with Crippen molar-refractivity contribution in [1.29, 1.82) is 0 Å². The Balaban J connectivity index is 2.19. The van der Waals surface area contributed by atoms with Crippen LogP contribution < -0.4 is 4.31 Å². The van der Waals surface area contributed by atoms with Crippen molar-refractivity contribution in [3.63, 3.8) is 0 Å². The molecule has 0 aromatic heterocycles. The zero-order chi connectivity index (χ0) is 18.6. The molecule has 0 spiro atoms. The Bertz CT molecular complexity index is 730. The van der Waals surface area contributed by atoms with Crippen LogP contribution in [0.1, 0.15) is 30.1 Å². The van der Waals surface area contributed by atoms with Gasteiger partial charge in [-0.05, 0) is 43.0 Å². The average molecular weight is 368 g/mol. The number of anilines is 1. The number of likely N-dealkylation sites (tertiary alicyclic amines) is 1. The quantitative estimate of drug-likeness (QED) is 0.736. The molecule has 0 saturated carbocycles. The third kappa shape index (κ3) is 4.94. The van der Waals surface area contributed by atoms with E-state index in [2.05, 4.69) is 11.7 Å². The van der Waals surface area contributed by atoms with Crippen LogP contribution in [0.3, 0.4) is 0 Å². The van der Waals surface area contributed by atoms with Crippen LogP contribution in [0.25, 0.3) is 0 Å². The molecule has 0 bridgehead atoms. The van der Waals surface area contributed by atoms with Crippen molar-refractivity contribution in [1.82, 2.24) is 4.90 Å². The van der Waals surface area contributed by atoms with E-state index in [9.17, 15) is 18.0 Å². The van der Waals surface area contributed by atoms with Crippen molar-refractivity contribution in [2.75, 3.05) is 37.3 Å². The van der Waals surface area contributed by atoms with Gasteiger partial charge in [0.05, 0.1) is 24.6 Å². The summed E-state index contributed by atoms with van der Waals surface area (Å²) in [6.45, 7) is 3.14. The van der Waals surface area contributed by atoms with Gasteiger partial charge in [-0.3, -0.25) is 9.10 Å². The summed E-state index contributed by atoms with van der Waals surface area (Å²) < 4.78 is 30.0. The number of hydrogen-bond donors (Lipinski definition) is 0. The van der Waals surface area contributed by atoms with Crippen LogP contribution in [0.5, 0.6) is 0 Å². The van der Waals surface area contributed by atoms with E-state index in [-0.39, 0.29) is 12.5 Å². The second-order valence-corrected chi connectivity index (χ2v) is 8.30. The number of amides is 1. The third-order valence-electron chi connectivity index (χ3n) is 4.27. The first-order valence-electron chi connectivity index (χ1n) is 8.16. The topological polar surface area (TPSA) is 84.0 Å². The standard InChI is InChI=1S/C17H24N2O5S/c1-13-5-4-10-18(11-13)16(20)12-19(25(3,22)23)15-8-6-14(7-9-15)17(21)24-2/h6-9,13H,4-5,10-12H2,1-3H3. The second kappa shape index (κ2) is 7.86. The van der Waals surface area contributed by atoms with E-state index in [0.717, 1.165) is 23.4 Å². The number of carbonyl (C=O) groups is 2. The van der Waals surface area contributed by atoms with Crippen molar-refractivity contribution in [2.24, 2.45) is 5.92 Å². The minimum Gasteiger partial charge on any atom is -0.465 e. The maximum absolute atomic E-state index is 12.5. The Morgan fingerprint density at radius 3 is 2.44 bits per heavy atom. The SMILES string of the molecule is COC(=O)c1ccc(N(CC(=O)N2CCCC(C)C2)S(C)(=O)=O)cc1. The number of rotatable bonds is 5. The van der Waals surface area contributed by atoms with E-state index >= 15 is 0 Å². The molecule has 0 radical (unpaired) electrons. The minimum absolute atomic E-state index is 0.214. The van der Waals surface area contributed by atoms with Crippen molar-refractivity contribution in [2.45, 2.75) is 19.8 Å². The number of hydrogen-bond acceptors (Lipinski definition) is 5. The smallest absolute Gasteiger partial charge is 0.337 e. The molecule has 1 saturated heterocycles. The summed E-state index contributed by atoms with van der Waals surface area (Å²) in [5, 5.41) is 0. The monoisotopic (exact) mass is 368 g/mol. The molecule has 0 N–H and O–H groups in total. The molecule has 1 atom stereocenters. The highest BCUT2D eigenvalue weighted by molar-refractivity contribution is 7.92. The van der Waals surface area contributed by atoms with Crippen LogP contribution in [0, 0.1) is 5.92 Å². The Hall–Kier alpha value is -2.09. The van der Waals surface area contributed by atoms with E-state index < -0.39 is 16.0 Å². The van der Waals surface area contributed by atoms with Crippen LogP contribution in [-0.4, -0.2) is 58.2 Å². The molecule has 1 amide bonds. The Morgan fingerprint density at radius 2 is 1.92 bits per heavy atom. The van der Waals surface area contributed by atoms with Gasteiger partial charge in [-0.2, -0.15) is 0 Å². The molecule has 1 aliphatic rings. The van der Waals surface area contributed by atoms with Gasteiger partial charge in [0.15, 0.2) is 0 Å². The first kappa shape index (κ1) is 19.2. The van der Waals surface area contributed by atoms with Crippen molar-refractivity contribution < 1.29 is 22.7 Å². The highest BCUT2D eigenvalue weighted by Crippen LogP contribution is 2.21. The van der Waals surface area contributed by atoms with Gasteiger partial charge in [0.1, 0.15) is 6.54 Å². The number of esters is 1. The first-order chi connectivity index (χ1) is 11.7. The molecular weight excluding hydrogens is 344 g/mol. The molecular formula is C17H24N2O5S. The first-order valence-corrected chi connectivity index (χ1v) is 10.0. The summed E-state index contributed by atoms with van der Waals surface area (Å²) in [6.07, 6.45) is 3.07. The van der Waals surface area contributed by atoms with Crippen LogP contribution in [0.15, 0.2) is 24.3 Å². The molecule has 138 valence electrons. The maximum atomic E-state index is 12.5. The third-order valence-corrected chi connectivity index (χ3v) is 5.41. The summed E-state index contributed by atoms with van der Waals surface area (Å²) in [4.78, 5) is 25.8. The summed E-state index contributed by atoms with van der Waals surface area (Å²) >= 11 is 0. The van der Waals surface area contributed by atoms with Gasteiger partial charge >= 0.3 is 5.97 Å². The maximum Gasteiger partial charge on any atom is 0.337 e. The summed E-state index contributed by atoms with van der Waals surface area (Å²) in [5.74, 6) is -0.298. The fourth-order valence-electron chi connectivity index (χ4n) is 2.92. The van der Waals surface area contributed by atoms with Crippen LogP contribution in [-0.2, 0) is 19.6 Å². The summed E-state index contributed by atoms with van der Waals surface area (Å²) in [7, 11) is -2.36. The lowest BCUT2D eigenvalue weighted by molar-refractivity contribution is -0.131. The molecule has 25 heavy (non-hydrogen) atoms. The van der Waals surface area contributed by atoms with E-state index in [1.54, 1.807) is 4.90 Å². The normalized spacial score (nSPS) is 17.9. The fraction of sp³-hybridized carbons (Fsp3) is 0.529. The van der Waals surface area contributed by atoms with Crippen LogP contribution in [0.4, 0.5) is 5.69 Å². The van der Waals surface area contributed by atoms with Gasteiger partial charge in [-0.1, -0.05) is 6.92 Å². The van der Waals surface area contributed by atoms with Gasteiger partial charge in [-0.25, -0.2) is 13.2 Å². The fourth-order valence-corrected chi connectivity index (χ4v) is 3.77. The second-order valence-electron chi connectivity index (χ2n) is 6.40. The van der Waals surface area contributed by atoms with Crippen LogP contribution >= 0.6 is 0 Å².